The fraction of sp³-hybridized carbons (Fsp3) is 0.346. The number of aromatic nitrogens is 1. The van der Waals surface area contributed by atoms with Crippen LogP contribution in [0.3, 0.4) is 0 Å². The van der Waals surface area contributed by atoms with Gasteiger partial charge in [0.1, 0.15) is 19.1 Å². The van der Waals surface area contributed by atoms with Crippen LogP contribution in [-0.4, -0.2) is 61.9 Å². The summed E-state index contributed by atoms with van der Waals surface area (Å²) >= 11 is 1.34. The molecular formula is C26H28N3O5S2+. The van der Waals surface area contributed by atoms with Crippen molar-refractivity contribution in [3.63, 3.8) is 0 Å². The molecule has 10 heteroatoms. The molecule has 4 heterocycles. The third-order valence-electron chi connectivity index (χ3n) is 7.15. The number of carbonyl (C=O) groups excluding carboxylic acids is 2. The molecule has 0 radical (unpaired) electrons. The monoisotopic (exact) mass is 526 g/mol. The number of esters is 1. The number of thiazole rings is 1. The van der Waals surface area contributed by atoms with Crippen molar-refractivity contribution in [1.29, 1.82) is 0 Å². The molecule has 3 aliphatic heterocycles. The van der Waals surface area contributed by atoms with Crippen molar-refractivity contribution in [2.75, 3.05) is 26.2 Å². The number of benzene rings is 2. The topological polar surface area (TPSA) is 102 Å². The minimum Gasteiger partial charge on any atom is -0.455 e. The van der Waals surface area contributed by atoms with Gasteiger partial charge in [0.05, 0.1) is 18.0 Å². The highest BCUT2D eigenvalue weighted by Gasteiger charge is 2.49. The molecule has 3 fully saturated rings. The number of nitrogens with zero attached hydrogens (tertiary/aromatic N) is 2. The number of sulfonamides is 1. The number of ketones is 1. The molecule has 3 aromatic rings. The molecule has 2 atom stereocenters. The molecule has 3 aliphatic rings. The number of piperidine rings is 3. The summed E-state index contributed by atoms with van der Waals surface area (Å²) in [6.07, 6.45) is 2.96. The van der Waals surface area contributed by atoms with Gasteiger partial charge in [0.2, 0.25) is 15.8 Å². The first-order valence-corrected chi connectivity index (χ1v) is 14.3. The number of rotatable bonds is 9. The van der Waals surface area contributed by atoms with Crippen LogP contribution >= 0.6 is 11.3 Å². The average Bonchev–Trinajstić information content (AvgIpc) is 3.44. The maximum Gasteiger partial charge on any atom is 0.329 e. The van der Waals surface area contributed by atoms with Crippen LogP contribution in [0, 0.1) is 5.92 Å². The van der Waals surface area contributed by atoms with Gasteiger partial charge in [0, 0.05) is 30.3 Å². The van der Waals surface area contributed by atoms with Crippen molar-refractivity contribution >= 4 is 33.1 Å². The summed E-state index contributed by atoms with van der Waals surface area (Å²) in [5.41, 5.74) is 0.506. The molecule has 1 N–H and O–H groups in total. The van der Waals surface area contributed by atoms with Crippen molar-refractivity contribution in [3.05, 3.63) is 82.8 Å². The van der Waals surface area contributed by atoms with Crippen LogP contribution in [0.15, 0.2) is 77.1 Å². The lowest BCUT2D eigenvalue weighted by molar-refractivity contribution is -0.938. The molecule has 36 heavy (non-hydrogen) atoms. The van der Waals surface area contributed by atoms with Crippen LogP contribution in [0.5, 0.6) is 0 Å². The third kappa shape index (κ3) is 5.27. The second-order valence-corrected chi connectivity index (χ2v) is 12.1. The van der Waals surface area contributed by atoms with Crippen molar-refractivity contribution in [3.8, 4) is 0 Å². The van der Waals surface area contributed by atoms with Crippen LogP contribution in [0.2, 0.25) is 0 Å². The zero-order chi connectivity index (χ0) is 25.2. The Kier molecular flexibility index (Phi) is 7.03. The van der Waals surface area contributed by atoms with Gasteiger partial charge in [-0.1, -0.05) is 48.5 Å². The molecule has 0 saturated carbocycles. The van der Waals surface area contributed by atoms with Gasteiger partial charge in [-0.05, 0) is 17.7 Å². The number of Topliss-reactive ketones (excluding diaryl/α,β-unsaturated/α-hetero) is 1. The SMILES string of the molecule is O=C(C[N+]12CCC(CC1)C(OC(=O)C(NS(=O)(=O)c1ccccc1)c1ccccc1)C2)c1nccs1. The van der Waals surface area contributed by atoms with E-state index in [2.05, 4.69) is 9.71 Å². The number of carbonyl (C=O) groups is 2. The van der Waals surface area contributed by atoms with Gasteiger partial charge in [-0.25, -0.2) is 18.2 Å². The van der Waals surface area contributed by atoms with Crippen LogP contribution < -0.4 is 4.72 Å². The normalized spacial score (nSPS) is 24.2. The van der Waals surface area contributed by atoms with E-state index < -0.39 is 22.0 Å². The van der Waals surface area contributed by atoms with E-state index >= 15 is 0 Å². The first kappa shape index (κ1) is 24.8. The van der Waals surface area contributed by atoms with E-state index in [0.717, 1.165) is 25.9 Å². The van der Waals surface area contributed by atoms with Crippen LogP contribution in [0.4, 0.5) is 0 Å². The summed E-state index contributed by atoms with van der Waals surface area (Å²) in [5, 5.41) is 2.30. The maximum atomic E-state index is 13.5. The minimum absolute atomic E-state index is 0.00760. The van der Waals surface area contributed by atoms with Gasteiger partial charge in [-0.3, -0.25) is 4.79 Å². The summed E-state index contributed by atoms with van der Waals surface area (Å²) in [4.78, 5) is 30.5. The second-order valence-electron chi connectivity index (χ2n) is 9.48. The number of ether oxygens (including phenoxy) is 1. The Bertz CT molecular complexity index is 1310. The largest absolute Gasteiger partial charge is 0.455 e. The molecule has 3 saturated heterocycles. The van der Waals surface area contributed by atoms with Gasteiger partial charge in [0.25, 0.3) is 0 Å². The average molecular weight is 527 g/mol. The Morgan fingerprint density at radius 2 is 1.72 bits per heavy atom. The Labute approximate surface area is 214 Å². The number of hydrogen-bond acceptors (Lipinski definition) is 7. The summed E-state index contributed by atoms with van der Waals surface area (Å²) in [6.45, 7) is 2.59. The smallest absolute Gasteiger partial charge is 0.329 e. The van der Waals surface area contributed by atoms with E-state index in [1.807, 2.05) is 0 Å². The lowest BCUT2D eigenvalue weighted by Gasteiger charge is -2.51. The zero-order valence-electron chi connectivity index (χ0n) is 19.7. The molecule has 8 nitrogen and oxygen atoms in total. The van der Waals surface area contributed by atoms with Crippen molar-refractivity contribution in [2.24, 2.45) is 5.92 Å². The minimum atomic E-state index is -3.96. The van der Waals surface area contributed by atoms with Gasteiger partial charge < -0.3 is 9.22 Å². The van der Waals surface area contributed by atoms with E-state index in [9.17, 15) is 18.0 Å². The molecule has 0 amide bonds. The fourth-order valence-corrected chi connectivity index (χ4v) is 7.01. The number of fused-ring (bicyclic) bond motifs is 3. The number of hydrogen-bond donors (Lipinski definition) is 1. The van der Waals surface area contributed by atoms with E-state index in [-0.39, 0.29) is 22.7 Å². The lowest BCUT2D eigenvalue weighted by atomic mass is 9.83. The first-order chi connectivity index (χ1) is 17.4. The molecular weight excluding hydrogens is 498 g/mol. The molecule has 2 aromatic carbocycles. The maximum absolute atomic E-state index is 13.5. The summed E-state index contributed by atoms with van der Waals surface area (Å²) < 4.78 is 35.3. The predicted molar refractivity (Wildman–Crippen MR) is 135 cm³/mol. The van der Waals surface area contributed by atoms with Crippen LogP contribution in [-0.2, 0) is 19.6 Å². The molecule has 6 rings (SSSR count). The summed E-state index contributed by atoms with van der Waals surface area (Å²) in [6, 6.07) is 15.5. The zero-order valence-corrected chi connectivity index (χ0v) is 21.3. The van der Waals surface area contributed by atoms with E-state index in [4.69, 9.17) is 4.74 Å². The molecule has 2 bridgehead atoms. The van der Waals surface area contributed by atoms with Gasteiger partial charge >= 0.3 is 5.97 Å². The Hall–Kier alpha value is -2.92. The van der Waals surface area contributed by atoms with Crippen molar-refractivity contribution < 1.29 is 27.2 Å². The van der Waals surface area contributed by atoms with Gasteiger partial charge in [-0.2, -0.15) is 4.72 Å². The molecule has 1 aromatic heterocycles. The van der Waals surface area contributed by atoms with E-state index in [1.165, 1.54) is 23.5 Å². The van der Waals surface area contributed by atoms with Gasteiger partial charge in [-0.15, -0.1) is 11.3 Å². The molecule has 0 spiro atoms. The fourth-order valence-electron chi connectivity index (χ4n) is 5.25. The van der Waals surface area contributed by atoms with Crippen molar-refractivity contribution in [2.45, 2.75) is 29.9 Å². The quantitative estimate of drug-likeness (QED) is 0.261. The van der Waals surface area contributed by atoms with Crippen LogP contribution in [0.1, 0.15) is 34.2 Å². The molecule has 2 unspecified atom stereocenters. The predicted octanol–water partition coefficient (Wildman–Crippen LogP) is 3.20. The third-order valence-corrected chi connectivity index (χ3v) is 9.41. The summed E-state index contributed by atoms with van der Waals surface area (Å²) in [5.74, 6) is -0.428. The number of quaternary nitrogens is 1. The highest BCUT2D eigenvalue weighted by atomic mass is 32.2. The molecule has 188 valence electrons. The highest BCUT2D eigenvalue weighted by Crippen LogP contribution is 2.36. The summed E-state index contributed by atoms with van der Waals surface area (Å²) in [7, 11) is -3.96. The Morgan fingerprint density at radius 1 is 1.06 bits per heavy atom. The first-order valence-electron chi connectivity index (χ1n) is 12.0. The number of nitrogens with one attached hydrogen (secondary N) is 1. The lowest BCUT2D eigenvalue weighted by Crippen LogP contribution is -2.66. The second kappa shape index (κ2) is 10.2. The van der Waals surface area contributed by atoms with E-state index in [0.29, 0.717) is 28.1 Å². The molecule has 0 aliphatic carbocycles. The highest BCUT2D eigenvalue weighted by molar-refractivity contribution is 7.89. The van der Waals surface area contributed by atoms with Gasteiger partial charge in [0.15, 0.2) is 11.1 Å². The Morgan fingerprint density at radius 3 is 2.36 bits per heavy atom. The standard InChI is InChI=1S/C26H28N3O5S2/c30-22(25-27-13-16-35-25)17-29-14-11-19(12-15-29)23(18-29)34-26(31)24(20-7-3-1-4-8-20)28-36(32,33)21-9-5-2-6-10-21/h1-10,13,16,19,23-24,28H,11-12,14-15,17-18H2/q+1. The van der Waals surface area contributed by atoms with E-state index in [1.54, 1.807) is 60.1 Å². The van der Waals surface area contributed by atoms with Crippen molar-refractivity contribution in [1.82, 2.24) is 9.71 Å². The van der Waals surface area contributed by atoms with Crippen LogP contribution in [0.25, 0.3) is 0 Å². The Balaban J connectivity index is 1.34.